The van der Waals surface area contributed by atoms with Crippen molar-refractivity contribution in [3.8, 4) is 17.1 Å². The third-order valence-electron chi connectivity index (χ3n) is 5.57. The van der Waals surface area contributed by atoms with E-state index in [0.717, 1.165) is 29.7 Å². The zero-order valence-electron chi connectivity index (χ0n) is 17.4. The minimum atomic E-state index is -0.0318. The van der Waals surface area contributed by atoms with Crippen LogP contribution in [-0.2, 0) is 4.79 Å². The van der Waals surface area contributed by atoms with Gasteiger partial charge in [0.2, 0.25) is 11.8 Å². The fourth-order valence-electron chi connectivity index (χ4n) is 3.85. The zero-order chi connectivity index (χ0) is 21.0. The number of nitrogens with zero attached hydrogens (tertiary/aromatic N) is 3. The number of benzene rings is 1. The second kappa shape index (κ2) is 9.03. The number of methoxy groups -OCH3 is 1. The Labute approximate surface area is 171 Å². The number of hydrogen-bond donors (Lipinski definition) is 1. The molecule has 0 unspecified atom stereocenters. The van der Waals surface area contributed by atoms with Crippen LogP contribution >= 0.6 is 0 Å². The summed E-state index contributed by atoms with van der Waals surface area (Å²) in [4.78, 5) is 26.7. The number of ether oxygens (including phenoxy) is 1. The van der Waals surface area contributed by atoms with E-state index in [0.29, 0.717) is 24.4 Å². The third kappa shape index (κ3) is 4.55. The van der Waals surface area contributed by atoms with Gasteiger partial charge in [-0.25, -0.2) is 0 Å². The molecular formula is C22H28N4O3. The minimum Gasteiger partial charge on any atom is -0.480 e. The fraction of sp³-hybridized carbons (Fsp3) is 0.455. The second-order valence-corrected chi connectivity index (χ2v) is 7.47. The normalized spacial score (nSPS) is 18.3. The Balaban J connectivity index is 1.68. The molecule has 1 saturated carbocycles. The minimum absolute atomic E-state index is 0.00537. The first-order valence-electron chi connectivity index (χ1n) is 9.98. The summed E-state index contributed by atoms with van der Waals surface area (Å²) in [6, 6.07) is 9.32. The number of aromatic nitrogens is 2. The standard InChI is InChI=1S/C22H28N4O3/c1-5-23-21(27)17-10-11-18(13-17)26(3)22(28)16-8-6-15(7-9-16)20-14(2)12-19(29-4)24-25-20/h6-9,12,17-18H,5,10-11,13H2,1-4H3,(H,23,27)/t17-,18+/m0/s1. The van der Waals surface area contributed by atoms with E-state index in [9.17, 15) is 9.59 Å². The highest BCUT2D eigenvalue weighted by Crippen LogP contribution is 2.30. The van der Waals surface area contributed by atoms with E-state index >= 15 is 0 Å². The van der Waals surface area contributed by atoms with E-state index in [-0.39, 0.29) is 23.8 Å². The van der Waals surface area contributed by atoms with Crippen molar-refractivity contribution in [1.82, 2.24) is 20.4 Å². The van der Waals surface area contributed by atoms with Crippen LogP contribution in [0.25, 0.3) is 11.3 Å². The SMILES string of the molecule is CCNC(=O)[C@H]1CC[C@@H](N(C)C(=O)c2ccc(-c3nnc(OC)cc3C)cc2)C1. The molecular weight excluding hydrogens is 368 g/mol. The third-order valence-corrected chi connectivity index (χ3v) is 5.57. The number of nitrogens with one attached hydrogen (secondary N) is 1. The summed E-state index contributed by atoms with van der Waals surface area (Å²) in [5.41, 5.74) is 3.24. The number of hydrogen-bond acceptors (Lipinski definition) is 5. The molecule has 1 N–H and O–H groups in total. The van der Waals surface area contributed by atoms with Gasteiger partial charge in [0, 0.05) is 42.7 Å². The molecule has 1 heterocycles. The molecule has 1 fully saturated rings. The van der Waals surface area contributed by atoms with E-state index in [1.807, 2.05) is 51.2 Å². The average molecular weight is 396 g/mol. The van der Waals surface area contributed by atoms with Gasteiger partial charge in [0.1, 0.15) is 0 Å². The van der Waals surface area contributed by atoms with Crippen LogP contribution in [0.3, 0.4) is 0 Å². The molecule has 29 heavy (non-hydrogen) atoms. The summed E-state index contributed by atoms with van der Waals surface area (Å²) in [7, 11) is 3.38. The molecule has 2 amide bonds. The van der Waals surface area contributed by atoms with Crippen molar-refractivity contribution < 1.29 is 14.3 Å². The highest BCUT2D eigenvalue weighted by atomic mass is 16.5. The van der Waals surface area contributed by atoms with E-state index in [1.165, 1.54) is 0 Å². The second-order valence-electron chi connectivity index (χ2n) is 7.47. The van der Waals surface area contributed by atoms with Crippen LogP contribution in [-0.4, -0.2) is 53.7 Å². The van der Waals surface area contributed by atoms with Crippen LogP contribution in [0.1, 0.15) is 42.1 Å². The molecule has 1 aromatic carbocycles. The van der Waals surface area contributed by atoms with Crippen LogP contribution in [0.5, 0.6) is 5.88 Å². The van der Waals surface area contributed by atoms with Gasteiger partial charge in [-0.15, -0.1) is 10.2 Å². The zero-order valence-corrected chi connectivity index (χ0v) is 17.4. The van der Waals surface area contributed by atoms with Crippen LogP contribution in [0.2, 0.25) is 0 Å². The first-order chi connectivity index (χ1) is 13.9. The molecule has 3 rings (SSSR count). The summed E-state index contributed by atoms with van der Waals surface area (Å²) in [5.74, 6) is 0.531. The lowest BCUT2D eigenvalue weighted by Gasteiger charge is -2.25. The van der Waals surface area contributed by atoms with Crippen LogP contribution in [0.4, 0.5) is 0 Å². The van der Waals surface area contributed by atoms with Crippen molar-refractivity contribution in [2.75, 3.05) is 20.7 Å². The van der Waals surface area contributed by atoms with Gasteiger partial charge in [-0.05, 0) is 50.8 Å². The molecule has 0 spiro atoms. The van der Waals surface area contributed by atoms with Crippen molar-refractivity contribution in [2.45, 2.75) is 39.2 Å². The fourth-order valence-corrected chi connectivity index (χ4v) is 3.85. The van der Waals surface area contributed by atoms with Gasteiger partial charge in [-0.1, -0.05) is 12.1 Å². The van der Waals surface area contributed by atoms with Crippen molar-refractivity contribution in [3.63, 3.8) is 0 Å². The Bertz CT molecular complexity index is 882. The van der Waals surface area contributed by atoms with Crippen molar-refractivity contribution >= 4 is 11.8 Å². The first-order valence-corrected chi connectivity index (χ1v) is 9.98. The van der Waals surface area contributed by atoms with Gasteiger partial charge < -0.3 is 15.0 Å². The van der Waals surface area contributed by atoms with E-state index in [1.54, 1.807) is 12.0 Å². The van der Waals surface area contributed by atoms with Crippen LogP contribution < -0.4 is 10.1 Å². The van der Waals surface area contributed by atoms with E-state index < -0.39 is 0 Å². The number of amides is 2. The Morgan fingerprint density at radius 1 is 1.21 bits per heavy atom. The highest BCUT2D eigenvalue weighted by Gasteiger charge is 2.33. The molecule has 0 aliphatic heterocycles. The molecule has 1 aliphatic rings. The maximum atomic E-state index is 12.9. The van der Waals surface area contributed by atoms with Gasteiger partial charge in [-0.3, -0.25) is 9.59 Å². The van der Waals surface area contributed by atoms with Crippen molar-refractivity contribution in [3.05, 3.63) is 41.5 Å². The largest absolute Gasteiger partial charge is 0.480 e. The monoisotopic (exact) mass is 396 g/mol. The maximum absolute atomic E-state index is 12.9. The Morgan fingerprint density at radius 3 is 2.55 bits per heavy atom. The van der Waals surface area contributed by atoms with Crippen LogP contribution in [0, 0.1) is 12.8 Å². The predicted molar refractivity (Wildman–Crippen MR) is 111 cm³/mol. The van der Waals surface area contributed by atoms with Gasteiger partial charge in [0.15, 0.2) is 0 Å². The lowest BCUT2D eigenvalue weighted by molar-refractivity contribution is -0.124. The summed E-state index contributed by atoms with van der Waals surface area (Å²) in [6.45, 7) is 4.51. The van der Waals surface area contributed by atoms with E-state index in [2.05, 4.69) is 15.5 Å². The number of aryl methyl sites for hydroxylation is 1. The molecule has 2 aromatic rings. The molecule has 7 heteroatoms. The molecule has 1 aromatic heterocycles. The average Bonchev–Trinajstić information content (AvgIpc) is 3.23. The smallest absolute Gasteiger partial charge is 0.253 e. The molecule has 7 nitrogen and oxygen atoms in total. The Morgan fingerprint density at radius 2 is 1.93 bits per heavy atom. The van der Waals surface area contributed by atoms with Crippen LogP contribution in [0.15, 0.2) is 30.3 Å². The molecule has 0 radical (unpaired) electrons. The Hall–Kier alpha value is -2.96. The molecule has 0 saturated heterocycles. The first kappa shape index (κ1) is 20.8. The molecule has 0 bridgehead atoms. The topological polar surface area (TPSA) is 84.4 Å². The number of rotatable bonds is 6. The van der Waals surface area contributed by atoms with Gasteiger partial charge in [-0.2, -0.15) is 0 Å². The molecule has 154 valence electrons. The lowest BCUT2D eigenvalue weighted by Crippen LogP contribution is -2.36. The predicted octanol–water partition coefficient (Wildman–Crippen LogP) is 2.84. The van der Waals surface area contributed by atoms with E-state index in [4.69, 9.17) is 4.74 Å². The quantitative estimate of drug-likeness (QED) is 0.812. The molecule has 2 atom stereocenters. The van der Waals surface area contributed by atoms with Gasteiger partial charge in [0.25, 0.3) is 5.91 Å². The lowest BCUT2D eigenvalue weighted by atomic mass is 10.0. The summed E-state index contributed by atoms with van der Waals surface area (Å²) in [5, 5.41) is 11.1. The Kier molecular flexibility index (Phi) is 6.46. The van der Waals surface area contributed by atoms with Gasteiger partial charge >= 0.3 is 0 Å². The summed E-state index contributed by atoms with van der Waals surface area (Å²) in [6.07, 6.45) is 2.39. The maximum Gasteiger partial charge on any atom is 0.253 e. The van der Waals surface area contributed by atoms with Crippen molar-refractivity contribution in [2.24, 2.45) is 5.92 Å². The van der Waals surface area contributed by atoms with Crippen molar-refractivity contribution in [1.29, 1.82) is 0 Å². The number of carbonyl (C=O) groups is 2. The van der Waals surface area contributed by atoms with Gasteiger partial charge in [0.05, 0.1) is 12.8 Å². The summed E-state index contributed by atoms with van der Waals surface area (Å²) < 4.78 is 5.10. The number of carbonyl (C=O) groups excluding carboxylic acids is 2. The molecule has 1 aliphatic carbocycles. The highest BCUT2D eigenvalue weighted by molar-refractivity contribution is 5.94. The summed E-state index contributed by atoms with van der Waals surface area (Å²) >= 11 is 0.